The van der Waals surface area contributed by atoms with E-state index in [1.165, 1.54) is 85.2 Å². The van der Waals surface area contributed by atoms with Gasteiger partial charge in [0.15, 0.2) is 0 Å². The van der Waals surface area contributed by atoms with Crippen molar-refractivity contribution in [3.63, 3.8) is 0 Å². The van der Waals surface area contributed by atoms with Crippen molar-refractivity contribution in [1.29, 1.82) is 5.26 Å². The van der Waals surface area contributed by atoms with Gasteiger partial charge in [-0.3, -0.25) is 5.32 Å². The monoisotopic (exact) mass is 1030 g/mol. The van der Waals surface area contributed by atoms with E-state index in [1.54, 1.807) is 0 Å². The maximum absolute atomic E-state index is 11.9. The molecule has 2 aliphatic heterocycles. The molecule has 4 unspecified atom stereocenters. The summed E-state index contributed by atoms with van der Waals surface area (Å²) in [6.07, 6.45) is 39.4. The number of aliphatic imine (C=N–C) groups is 1. The molecule has 0 fully saturated rings. The Hall–Kier alpha value is -7.40. The topological polar surface area (TPSA) is 64.5 Å². The first kappa shape index (κ1) is 51.4. The summed E-state index contributed by atoms with van der Waals surface area (Å²) in [6, 6.07) is 30.6. The number of benzene rings is 4. The Morgan fingerprint density at radius 1 is 0.821 bits per heavy atom. The number of likely N-dealkylation sites (N-methyl/N-ethyl adjacent to an activating group) is 1. The number of para-hydroxylation sites is 1. The molecule has 6 aromatic rings. The van der Waals surface area contributed by atoms with Crippen molar-refractivity contribution in [2.75, 3.05) is 11.9 Å². The van der Waals surface area contributed by atoms with Gasteiger partial charge in [-0.1, -0.05) is 170 Å². The van der Waals surface area contributed by atoms with E-state index in [0.29, 0.717) is 5.56 Å². The molecule has 0 saturated carbocycles. The molecule has 0 saturated heterocycles. The van der Waals surface area contributed by atoms with E-state index in [9.17, 15) is 5.26 Å². The average Bonchev–Trinajstić information content (AvgIpc) is 4.16. The molecular formula is C71H77N7. The van der Waals surface area contributed by atoms with Crippen LogP contribution in [-0.2, 0) is 18.3 Å². The third-order valence-electron chi connectivity index (χ3n) is 17.5. The molecule has 0 bridgehead atoms. The molecular weight excluding hydrogens is 951 g/mol. The summed E-state index contributed by atoms with van der Waals surface area (Å²) >= 11 is 0. The fourth-order valence-electron chi connectivity index (χ4n) is 13.5. The molecule has 4 atom stereocenters. The highest BCUT2D eigenvalue weighted by Gasteiger charge is 2.41. The van der Waals surface area contributed by atoms with Gasteiger partial charge >= 0.3 is 0 Å². The molecule has 4 aromatic carbocycles. The summed E-state index contributed by atoms with van der Waals surface area (Å²) in [6.45, 7) is 18.4. The number of unbranched alkanes of at least 4 members (excludes halogenated alkanes) is 3. The van der Waals surface area contributed by atoms with Crippen LogP contribution >= 0.6 is 0 Å². The molecule has 396 valence electrons. The van der Waals surface area contributed by atoms with Crippen LogP contribution < -0.4 is 10.2 Å². The fourth-order valence-corrected chi connectivity index (χ4v) is 13.5. The number of amidine groups is 1. The maximum Gasteiger partial charge on any atom is 0.130 e. The Kier molecular flexibility index (Phi) is 13.5. The van der Waals surface area contributed by atoms with Crippen molar-refractivity contribution >= 4 is 51.2 Å². The third-order valence-corrected chi connectivity index (χ3v) is 17.5. The Bertz CT molecular complexity index is 3700. The van der Waals surface area contributed by atoms with E-state index in [-0.39, 0.29) is 35.1 Å². The molecule has 7 heteroatoms. The fraction of sp³-hybridized carbons (Fsp3) is 0.352. The SMILES string of the molecule is C/C=C\C(=C/CCCCC)C1N=C(C2=CC=CCC2)N(C)C(c2cc(C#N)c(-n3c4c(c5c6c(ccc53)C3C=CC=CC3N6c3ccccc3)CCC=C4)cc2-n2c3c(c4cc(C(C)(C)C)ccc42)C=C(C(C)(C)C)CC3)N1. The molecule has 7 nitrogen and oxygen atoms in total. The molecule has 6 aliphatic rings. The number of hydrogen-bond acceptors (Lipinski definition) is 5. The summed E-state index contributed by atoms with van der Waals surface area (Å²) in [5.74, 6) is 1.22. The van der Waals surface area contributed by atoms with Crippen molar-refractivity contribution in [2.24, 2.45) is 10.4 Å². The van der Waals surface area contributed by atoms with Gasteiger partial charge in [-0.05, 0) is 145 Å². The standard InChI is InChI=1S/C71H77N7/c1-10-12-13-16-26-46(25-11-2)67-73-68(47-27-17-14-18-28-47)75(9)69(74-67)57-41-48(45-72)63(44-64(57)77-60-38-35-49(70(3,4)5)42-55(60)56-43-50(71(6,7)8)36-39-61(56)77)78-59-34-24-22-32-54(59)65-62(78)40-37-53-52-31-21-23-33-58(52)76(66(53)65)51-29-19-15-20-30-51/h11,14-15,17,19-21,23-27,29-31,33-35,37-38,40-44,52,58,67,69,74H,10,12-13,16,18,22,28,32,36,39H2,1-9H3/b25-11-,46-26+. The number of nitriles is 1. The van der Waals surface area contributed by atoms with Gasteiger partial charge in [0, 0.05) is 51.9 Å². The van der Waals surface area contributed by atoms with E-state index in [4.69, 9.17) is 4.99 Å². The van der Waals surface area contributed by atoms with Crippen LogP contribution in [0, 0.1) is 16.7 Å². The first-order chi connectivity index (χ1) is 37.8. The normalized spacial score (nSPS) is 21.0. The number of aryl methyl sites for hydroxylation is 1. The number of rotatable bonds is 11. The van der Waals surface area contributed by atoms with Crippen molar-refractivity contribution in [3.8, 4) is 17.4 Å². The lowest BCUT2D eigenvalue weighted by Crippen LogP contribution is -2.50. The molecule has 2 aromatic heterocycles. The first-order valence-electron chi connectivity index (χ1n) is 29.1. The molecule has 0 spiro atoms. The minimum atomic E-state index is -0.344. The highest BCUT2D eigenvalue weighted by atomic mass is 15.4. The van der Waals surface area contributed by atoms with Crippen LogP contribution in [0.3, 0.4) is 0 Å². The van der Waals surface area contributed by atoms with E-state index in [1.807, 2.05) is 0 Å². The van der Waals surface area contributed by atoms with Gasteiger partial charge in [-0.15, -0.1) is 0 Å². The number of fused-ring (bicyclic) bond motifs is 10. The van der Waals surface area contributed by atoms with Crippen molar-refractivity contribution in [2.45, 2.75) is 149 Å². The predicted octanol–water partition coefficient (Wildman–Crippen LogP) is 17.4. The van der Waals surface area contributed by atoms with Crippen LogP contribution in [0.15, 0.2) is 161 Å². The van der Waals surface area contributed by atoms with Crippen LogP contribution in [0.1, 0.15) is 164 Å². The van der Waals surface area contributed by atoms with Crippen molar-refractivity contribution in [1.82, 2.24) is 19.4 Å². The van der Waals surface area contributed by atoms with Crippen LogP contribution in [0.25, 0.3) is 45.3 Å². The smallest absolute Gasteiger partial charge is 0.130 e. The summed E-state index contributed by atoms with van der Waals surface area (Å²) in [5, 5.41) is 18.6. The number of nitrogens with one attached hydrogen (secondary N) is 1. The highest BCUT2D eigenvalue weighted by molar-refractivity contribution is 6.05. The molecule has 0 radical (unpaired) electrons. The van der Waals surface area contributed by atoms with E-state index in [0.717, 1.165) is 85.4 Å². The quantitative estimate of drug-likeness (QED) is 0.104. The van der Waals surface area contributed by atoms with E-state index in [2.05, 4.69) is 245 Å². The lowest BCUT2D eigenvalue weighted by atomic mass is 9.79. The number of anilines is 2. The minimum Gasteiger partial charge on any atom is -0.340 e. The van der Waals surface area contributed by atoms with Crippen LogP contribution in [-0.4, -0.2) is 39.1 Å². The van der Waals surface area contributed by atoms with Crippen LogP contribution in [0.5, 0.6) is 0 Å². The number of nitrogens with zero attached hydrogens (tertiary/aromatic N) is 6. The predicted molar refractivity (Wildman–Crippen MR) is 328 cm³/mol. The molecule has 0 amide bonds. The number of aromatic nitrogens is 2. The summed E-state index contributed by atoms with van der Waals surface area (Å²) in [5.41, 5.74) is 20.1. The summed E-state index contributed by atoms with van der Waals surface area (Å²) in [4.78, 5) is 10.6. The van der Waals surface area contributed by atoms with Crippen molar-refractivity contribution in [3.05, 3.63) is 201 Å². The van der Waals surface area contributed by atoms with Gasteiger partial charge in [0.2, 0.25) is 0 Å². The van der Waals surface area contributed by atoms with Gasteiger partial charge in [0.05, 0.1) is 39.7 Å². The summed E-state index contributed by atoms with van der Waals surface area (Å²) in [7, 11) is 2.20. The van der Waals surface area contributed by atoms with Gasteiger partial charge in [0.25, 0.3) is 0 Å². The molecule has 4 aliphatic carbocycles. The Morgan fingerprint density at radius 2 is 1.63 bits per heavy atom. The Morgan fingerprint density at radius 3 is 2.38 bits per heavy atom. The van der Waals surface area contributed by atoms with Gasteiger partial charge in [0.1, 0.15) is 24.2 Å². The zero-order chi connectivity index (χ0) is 54.0. The lowest BCUT2D eigenvalue weighted by molar-refractivity contribution is 0.269. The third kappa shape index (κ3) is 8.81. The van der Waals surface area contributed by atoms with Gasteiger partial charge in [-0.25, -0.2) is 4.99 Å². The molecule has 78 heavy (non-hydrogen) atoms. The molecule has 12 rings (SSSR count). The first-order valence-corrected chi connectivity index (χ1v) is 29.1. The van der Waals surface area contributed by atoms with Crippen molar-refractivity contribution < 1.29 is 0 Å². The van der Waals surface area contributed by atoms with Gasteiger partial charge in [-0.2, -0.15) is 5.26 Å². The van der Waals surface area contributed by atoms with E-state index >= 15 is 0 Å². The second-order valence-corrected chi connectivity index (χ2v) is 24.6. The largest absolute Gasteiger partial charge is 0.340 e. The molecule has 4 heterocycles. The molecule has 1 N–H and O–H groups in total. The van der Waals surface area contributed by atoms with E-state index < -0.39 is 0 Å². The second kappa shape index (κ2) is 20.4. The van der Waals surface area contributed by atoms with Gasteiger partial charge < -0.3 is 18.9 Å². The average molecular weight is 1030 g/mol. The zero-order valence-corrected chi connectivity index (χ0v) is 47.5. The lowest BCUT2D eigenvalue weighted by Gasteiger charge is -2.41. The highest BCUT2D eigenvalue weighted by Crippen LogP contribution is 2.54. The Balaban J connectivity index is 1.16. The number of allylic oxidation sites excluding steroid dienone is 9. The number of hydrogen-bond donors (Lipinski definition) is 1. The zero-order valence-electron chi connectivity index (χ0n) is 47.5. The Labute approximate surface area is 463 Å². The summed E-state index contributed by atoms with van der Waals surface area (Å²) < 4.78 is 5.05. The van der Waals surface area contributed by atoms with Crippen LogP contribution in [0.4, 0.5) is 11.4 Å². The van der Waals surface area contributed by atoms with Crippen LogP contribution in [0.2, 0.25) is 0 Å². The minimum absolute atomic E-state index is 0.0282. The second-order valence-electron chi connectivity index (χ2n) is 24.6. The maximum atomic E-state index is 11.9.